The van der Waals surface area contributed by atoms with Gasteiger partial charge < -0.3 is 5.73 Å². The molecule has 1 aromatic carbocycles. The second-order valence-electron chi connectivity index (χ2n) is 2.01. The summed E-state index contributed by atoms with van der Waals surface area (Å²) in [6, 6.07) is 5.72. The maximum Gasteiger partial charge on any atom is 0.296 e. The Kier molecular flexibility index (Phi) is 3.93. The van der Waals surface area contributed by atoms with E-state index in [1.165, 1.54) is 18.2 Å². The maximum atomic E-state index is 10.5. The van der Waals surface area contributed by atoms with Crippen LogP contribution >= 0.6 is 0 Å². The molecule has 1 rings (SSSR count). The summed E-state index contributed by atoms with van der Waals surface area (Å²) in [7, 11) is -4.16. The fraction of sp³-hybridized carbons (Fsp3) is 0. The summed E-state index contributed by atoms with van der Waals surface area (Å²) in [5, 5.41) is 0. The quantitative estimate of drug-likeness (QED) is 0.411. The van der Waals surface area contributed by atoms with Crippen LogP contribution in [0.5, 0.6) is 0 Å². The van der Waals surface area contributed by atoms with Crippen LogP contribution < -0.4 is 5.73 Å². The van der Waals surface area contributed by atoms with Crippen LogP contribution in [0.25, 0.3) is 0 Å². The molecule has 0 saturated carbocycles. The van der Waals surface area contributed by atoms with Crippen molar-refractivity contribution in [1.82, 2.24) is 0 Å². The smallest absolute Gasteiger partial charge is 0.296 e. The minimum absolute atomic E-state index is 0. The molecule has 0 aliphatic carbocycles. The van der Waals surface area contributed by atoms with Gasteiger partial charge in [-0.25, -0.2) is 0 Å². The van der Waals surface area contributed by atoms with E-state index in [1.807, 2.05) is 0 Å². The summed E-state index contributed by atoms with van der Waals surface area (Å²) in [6.45, 7) is 0. The molecule has 0 heterocycles. The number of benzene rings is 1. The molecule has 4 nitrogen and oxygen atoms in total. The van der Waals surface area contributed by atoms with E-state index in [1.54, 1.807) is 6.07 Å². The van der Waals surface area contributed by atoms with Crippen LogP contribution in [0.15, 0.2) is 29.2 Å². The summed E-state index contributed by atoms with van der Waals surface area (Å²) in [6.07, 6.45) is 0. The molecule has 0 aliphatic rings. The van der Waals surface area contributed by atoms with Gasteiger partial charge in [0.1, 0.15) is 4.90 Å². The van der Waals surface area contributed by atoms with Gasteiger partial charge in [-0.2, -0.15) is 8.42 Å². The molecule has 0 atom stereocenters. The van der Waals surface area contributed by atoms with E-state index in [4.69, 9.17) is 10.3 Å². The fourth-order valence-electron chi connectivity index (χ4n) is 0.715. The number of nitrogens with two attached hydrogens (primary N) is 1. The van der Waals surface area contributed by atoms with Crippen molar-refractivity contribution >= 4 is 15.8 Å². The van der Waals surface area contributed by atoms with Crippen LogP contribution in [0.3, 0.4) is 0 Å². The van der Waals surface area contributed by atoms with Gasteiger partial charge in [0.15, 0.2) is 0 Å². The van der Waals surface area contributed by atoms with Crippen molar-refractivity contribution < 1.29 is 34.7 Å². The van der Waals surface area contributed by atoms with Gasteiger partial charge in [0.05, 0.1) is 5.69 Å². The van der Waals surface area contributed by atoms with Gasteiger partial charge in [-0.05, 0) is 12.1 Å². The van der Waals surface area contributed by atoms with Gasteiger partial charge in [0.25, 0.3) is 10.1 Å². The first kappa shape index (κ1) is 11.6. The van der Waals surface area contributed by atoms with E-state index in [0.717, 1.165) is 0 Å². The number of nitrogen functional groups attached to an aromatic ring is 1. The molecule has 0 bridgehead atoms. The predicted molar refractivity (Wildman–Crippen MR) is 40.7 cm³/mol. The molecule has 0 saturated heterocycles. The standard InChI is InChI=1S/C6H7NO3S.Ti/c7-5-3-1-2-4-6(5)11(8,9)10;/h1-4H,7H2,(H,8,9,10);. The summed E-state index contributed by atoms with van der Waals surface area (Å²) >= 11 is 0. The van der Waals surface area contributed by atoms with Crippen molar-refractivity contribution in [2.45, 2.75) is 4.90 Å². The van der Waals surface area contributed by atoms with Gasteiger partial charge in [0, 0.05) is 21.7 Å². The van der Waals surface area contributed by atoms with Crippen molar-refractivity contribution in [1.29, 1.82) is 0 Å². The molecule has 6 heteroatoms. The second kappa shape index (κ2) is 4.05. The third-order valence-electron chi connectivity index (χ3n) is 1.20. The zero-order valence-corrected chi connectivity index (χ0v) is 8.44. The monoisotopic (exact) mass is 221 g/mol. The second-order valence-corrected chi connectivity index (χ2v) is 3.40. The number of rotatable bonds is 1. The summed E-state index contributed by atoms with van der Waals surface area (Å²) in [5.41, 5.74) is 5.32. The largest absolute Gasteiger partial charge is 0.398 e. The molecule has 1 aromatic rings. The molecule has 0 fully saturated rings. The van der Waals surface area contributed by atoms with Crippen LogP contribution in [0, 0.1) is 0 Å². The molecule has 0 radical (unpaired) electrons. The van der Waals surface area contributed by atoms with E-state index in [9.17, 15) is 8.42 Å². The van der Waals surface area contributed by atoms with E-state index in [0.29, 0.717) is 0 Å². The third kappa shape index (κ3) is 2.60. The van der Waals surface area contributed by atoms with E-state index in [2.05, 4.69) is 0 Å². The average Bonchev–Trinajstić information content (AvgIpc) is 1.86. The van der Waals surface area contributed by atoms with E-state index >= 15 is 0 Å². The van der Waals surface area contributed by atoms with E-state index < -0.39 is 10.1 Å². The zero-order chi connectivity index (χ0) is 8.48. The fourth-order valence-corrected chi connectivity index (χ4v) is 1.33. The number of para-hydroxylation sites is 1. The summed E-state index contributed by atoms with van der Waals surface area (Å²) < 4.78 is 29.6. The van der Waals surface area contributed by atoms with Crippen molar-refractivity contribution in [2.75, 3.05) is 5.73 Å². The number of hydrogen-bond donors (Lipinski definition) is 2. The molecule has 64 valence electrons. The SMILES string of the molecule is Nc1ccccc1S(=O)(=O)O.[Ti]. The first-order chi connectivity index (χ1) is 5.02. The third-order valence-corrected chi connectivity index (χ3v) is 2.12. The van der Waals surface area contributed by atoms with Gasteiger partial charge >= 0.3 is 0 Å². The molecular weight excluding hydrogens is 214 g/mol. The first-order valence-corrected chi connectivity index (χ1v) is 4.28. The minimum Gasteiger partial charge on any atom is -0.398 e. The Bertz CT molecular complexity index is 363. The minimum atomic E-state index is -4.16. The Morgan fingerprint density at radius 1 is 1.25 bits per heavy atom. The average molecular weight is 221 g/mol. The van der Waals surface area contributed by atoms with Gasteiger partial charge in [-0.1, -0.05) is 12.1 Å². The molecule has 0 aromatic heterocycles. The van der Waals surface area contributed by atoms with Crippen LogP contribution in [0.1, 0.15) is 0 Å². The number of anilines is 1. The van der Waals surface area contributed by atoms with Gasteiger partial charge in [0.2, 0.25) is 0 Å². The number of hydrogen-bond acceptors (Lipinski definition) is 3. The van der Waals surface area contributed by atoms with Gasteiger partial charge in [-0.15, -0.1) is 0 Å². The maximum absolute atomic E-state index is 10.5. The van der Waals surface area contributed by atoms with Crippen LogP contribution in [0.4, 0.5) is 5.69 Å². The molecule has 0 spiro atoms. The molecule has 0 unspecified atom stereocenters. The van der Waals surface area contributed by atoms with Crippen LogP contribution in [-0.4, -0.2) is 13.0 Å². The Morgan fingerprint density at radius 3 is 2.08 bits per heavy atom. The van der Waals surface area contributed by atoms with Crippen molar-refractivity contribution in [3.8, 4) is 0 Å². The zero-order valence-electron chi connectivity index (χ0n) is 6.06. The molecule has 0 aliphatic heterocycles. The summed E-state index contributed by atoms with van der Waals surface area (Å²) in [5.74, 6) is 0. The molecule has 3 N–H and O–H groups in total. The normalized spacial score (nSPS) is 10.4. The topological polar surface area (TPSA) is 80.4 Å². The predicted octanol–water partition coefficient (Wildman–Crippen LogP) is 0.513. The van der Waals surface area contributed by atoms with Crippen molar-refractivity contribution in [3.63, 3.8) is 0 Å². The van der Waals surface area contributed by atoms with Crippen LogP contribution in [-0.2, 0) is 31.8 Å². The molecule has 0 amide bonds. The van der Waals surface area contributed by atoms with Crippen LogP contribution in [0.2, 0.25) is 0 Å². The molecular formula is C6H7NO3STi. The Morgan fingerprint density at radius 2 is 1.75 bits per heavy atom. The van der Waals surface area contributed by atoms with Gasteiger partial charge in [-0.3, -0.25) is 4.55 Å². The summed E-state index contributed by atoms with van der Waals surface area (Å²) in [4.78, 5) is -0.250. The Labute approximate surface area is 85.4 Å². The molecule has 12 heavy (non-hydrogen) atoms. The van der Waals surface area contributed by atoms with Crippen molar-refractivity contribution in [3.05, 3.63) is 24.3 Å². The Hall–Kier alpha value is -0.356. The van der Waals surface area contributed by atoms with Crippen molar-refractivity contribution in [2.24, 2.45) is 0 Å². The first-order valence-electron chi connectivity index (χ1n) is 2.84. The Balaban J connectivity index is 0.00000121. The van der Waals surface area contributed by atoms with E-state index in [-0.39, 0.29) is 32.3 Å².